The van der Waals surface area contributed by atoms with Gasteiger partial charge in [0.05, 0.1) is 12.1 Å². The van der Waals surface area contributed by atoms with Crippen molar-refractivity contribution in [2.45, 2.75) is 19.4 Å². The number of anilines is 1. The minimum Gasteiger partial charge on any atom is -0.452 e. The third-order valence-electron chi connectivity index (χ3n) is 3.74. The number of esters is 1. The molecule has 1 N–H and O–H groups in total. The van der Waals surface area contributed by atoms with E-state index in [0.29, 0.717) is 5.13 Å². The van der Waals surface area contributed by atoms with Crippen molar-refractivity contribution in [3.05, 3.63) is 70.0 Å². The van der Waals surface area contributed by atoms with Crippen LogP contribution in [0.25, 0.3) is 11.3 Å². The van der Waals surface area contributed by atoms with Gasteiger partial charge in [-0.3, -0.25) is 14.9 Å². The van der Waals surface area contributed by atoms with Gasteiger partial charge in [-0.1, -0.05) is 58.4 Å². The van der Waals surface area contributed by atoms with Crippen LogP contribution in [0.3, 0.4) is 0 Å². The summed E-state index contributed by atoms with van der Waals surface area (Å²) >= 11 is 4.67. The Labute approximate surface area is 169 Å². The number of aromatic nitrogens is 1. The normalized spacial score (nSPS) is 11.6. The molecule has 1 amide bonds. The summed E-state index contributed by atoms with van der Waals surface area (Å²) in [6.07, 6.45) is -0.794. The first-order valence-corrected chi connectivity index (χ1v) is 9.94. The van der Waals surface area contributed by atoms with Crippen LogP contribution >= 0.6 is 27.3 Å². The number of carbonyl (C=O) groups excluding carboxylic acids is 2. The molecule has 5 nitrogen and oxygen atoms in total. The van der Waals surface area contributed by atoms with E-state index >= 15 is 0 Å². The lowest BCUT2D eigenvalue weighted by atomic mass is 10.1. The van der Waals surface area contributed by atoms with Gasteiger partial charge in [0.2, 0.25) is 0 Å². The molecule has 0 saturated heterocycles. The average molecular weight is 445 g/mol. The van der Waals surface area contributed by atoms with Gasteiger partial charge >= 0.3 is 5.97 Å². The second kappa shape index (κ2) is 8.92. The highest BCUT2D eigenvalue weighted by molar-refractivity contribution is 9.10. The predicted octanol–water partition coefficient (Wildman–Crippen LogP) is 4.69. The van der Waals surface area contributed by atoms with Gasteiger partial charge in [-0.2, -0.15) is 0 Å². The smallest absolute Gasteiger partial charge is 0.311 e. The van der Waals surface area contributed by atoms with Crippen LogP contribution in [0.15, 0.2) is 64.5 Å². The highest BCUT2D eigenvalue weighted by atomic mass is 79.9. The maximum absolute atomic E-state index is 12.3. The molecule has 0 saturated carbocycles. The van der Waals surface area contributed by atoms with E-state index in [1.807, 2.05) is 60.0 Å². The maximum atomic E-state index is 12.3. The molecule has 1 atom stereocenters. The summed E-state index contributed by atoms with van der Waals surface area (Å²) in [5.74, 6) is -0.864. The van der Waals surface area contributed by atoms with Crippen molar-refractivity contribution in [1.82, 2.24) is 4.98 Å². The molecule has 3 rings (SSSR count). The first-order valence-electron chi connectivity index (χ1n) is 8.27. The fourth-order valence-electron chi connectivity index (χ4n) is 2.34. The van der Waals surface area contributed by atoms with E-state index in [2.05, 4.69) is 26.2 Å². The van der Waals surface area contributed by atoms with E-state index in [0.717, 1.165) is 21.3 Å². The minimum atomic E-state index is -0.906. The molecule has 2 aromatic carbocycles. The van der Waals surface area contributed by atoms with Crippen LogP contribution in [-0.2, 0) is 20.7 Å². The standard InChI is InChI=1S/C20H17BrN2O3S/c1-13(26-18(24)11-14-7-9-16(21)10-8-14)19(25)23-20-22-17(12-27-20)15-5-3-2-4-6-15/h2-10,12-13H,11H2,1H3,(H,22,23,25). The Morgan fingerprint density at radius 3 is 2.56 bits per heavy atom. The van der Waals surface area contributed by atoms with Gasteiger partial charge in [0.15, 0.2) is 11.2 Å². The fourth-order valence-corrected chi connectivity index (χ4v) is 3.33. The molecule has 0 bridgehead atoms. The maximum Gasteiger partial charge on any atom is 0.311 e. The van der Waals surface area contributed by atoms with E-state index in [9.17, 15) is 9.59 Å². The number of halogens is 1. The molecule has 1 unspecified atom stereocenters. The second-order valence-electron chi connectivity index (χ2n) is 5.83. The molecule has 27 heavy (non-hydrogen) atoms. The van der Waals surface area contributed by atoms with Crippen LogP contribution in [0.1, 0.15) is 12.5 Å². The molecule has 7 heteroatoms. The number of benzene rings is 2. The first kappa shape index (κ1) is 19.3. The Morgan fingerprint density at radius 1 is 1.15 bits per heavy atom. The average Bonchev–Trinajstić information content (AvgIpc) is 3.12. The van der Waals surface area contributed by atoms with Crippen molar-refractivity contribution in [3.63, 3.8) is 0 Å². The minimum absolute atomic E-state index is 0.111. The zero-order valence-electron chi connectivity index (χ0n) is 14.5. The Kier molecular flexibility index (Phi) is 6.36. The van der Waals surface area contributed by atoms with Crippen LogP contribution in [0.5, 0.6) is 0 Å². The van der Waals surface area contributed by atoms with Gasteiger partial charge in [-0.25, -0.2) is 4.98 Å². The Morgan fingerprint density at radius 2 is 1.85 bits per heavy atom. The lowest BCUT2D eigenvalue weighted by Crippen LogP contribution is -2.30. The first-order chi connectivity index (χ1) is 13.0. The van der Waals surface area contributed by atoms with E-state index in [-0.39, 0.29) is 6.42 Å². The van der Waals surface area contributed by atoms with Gasteiger partial charge in [-0.05, 0) is 24.6 Å². The molecule has 1 heterocycles. The van der Waals surface area contributed by atoms with Crippen molar-refractivity contribution in [1.29, 1.82) is 0 Å². The molecule has 0 fully saturated rings. The predicted molar refractivity (Wildman–Crippen MR) is 110 cm³/mol. The van der Waals surface area contributed by atoms with Crippen LogP contribution < -0.4 is 5.32 Å². The lowest BCUT2D eigenvalue weighted by molar-refractivity contribution is -0.152. The third-order valence-corrected chi connectivity index (χ3v) is 5.03. The highest BCUT2D eigenvalue weighted by Gasteiger charge is 2.19. The number of amides is 1. The molecule has 0 aliphatic carbocycles. The fraction of sp³-hybridized carbons (Fsp3) is 0.150. The molecule has 1 aromatic heterocycles. The Hall–Kier alpha value is -2.51. The van der Waals surface area contributed by atoms with Crippen molar-refractivity contribution >= 4 is 44.3 Å². The van der Waals surface area contributed by atoms with E-state index in [1.165, 1.54) is 11.3 Å². The number of nitrogens with zero attached hydrogens (tertiary/aromatic N) is 1. The molecule has 138 valence electrons. The summed E-state index contributed by atoms with van der Waals surface area (Å²) in [5.41, 5.74) is 2.59. The SMILES string of the molecule is CC(OC(=O)Cc1ccc(Br)cc1)C(=O)Nc1nc(-c2ccccc2)cs1. The van der Waals surface area contributed by atoms with Crippen molar-refractivity contribution < 1.29 is 14.3 Å². The van der Waals surface area contributed by atoms with Crippen LogP contribution in [0.4, 0.5) is 5.13 Å². The summed E-state index contributed by atoms with van der Waals surface area (Å²) in [6, 6.07) is 17.1. The number of nitrogens with one attached hydrogen (secondary N) is 1. The van der Waals surface area contributed by atoms with Gasteiger partial charge in [-0.15, -0.1) is 11.3 Å². The summed E-state index contributed by atoms with van der Waals surface area (Å²) in [7, 11) is 0. The van der Waals surface area contributed by atoms with Crippen molar-refractivity contribution in [2.24, 2.45) is 0 Å². The third kappa shape index (κ3) is 5.48. The Bertz CT molecular complexity index is 926. The number of ether oxygens (including phenoxy) is 1. The molecule has 3 aromatic rings. The topological polar surface area (TPSA) is 68.3 Å². The molecule has 0 spiro atoms. The number of carbonyl (C=O) groups is 2. The monoisotopic (exact) mass is 444 g/mol. The van der Waals surface area contributed by atoms with Crippen LogP contribution in [-0.4, -0.2) is 23.0 Å². The molecule has 0 aliphatic heterocycles. The summed E-state index contributed by atoms with van der Waals surface area (Å²) in [4.78, 5) is 28.7. The van der Waals surface area contributed by atoms with Gasteiger partial charge in [0, 0.05) is 15.4 Å². The van der Waals surface area contributed by atoms with Gasteiger partial charge in [0.1, 0.15) is 0 Å². The van der Waals surface area contributed by atoms with Crippen LogP contribution in [0.2, 0.25) is 0 Å². The van der Waals surface area contributed by atoms with Crippen LogP contribution in [0, 0.1) is 0 Å². The lowest BCUT2D eigenvalue weighted by Gasteiger charge is -2.12. The highest BCUT2D eigenvalue weighted by Crippen LogP contribution is 2.24. The van der Waals surface area contributed by atoms with Crippen molar-refractivity contribution in [2.75, 3.05) is 5.32 Å². The summed E-state index contributed by atoms with van der Waals surface area (Å²) in [5, 5.41) is 5.03. The number of hydrogen-bond acceptors (Lipinski definition) is 5. The Balaban J connectivity index is 1.54. The molecular formula is C20H17BrN2O3S. The summed E-state index contributed by atoms with van der Waals surface area (Å²) < 4.78 is 6.16. The largest absolute Gasteiger partial charge is 0.452 e. The molecule has 0 aliphatic rings. The van der Waals surface area contributed by atoms with Gasteiger partial charge < -0.3 is 4.74 Å². The van der Waals surface area contributed by atoms with Crippen molar-refractivity contribution in [3.8, 4) is 11.3 Å². The molecule has 0 radical (unpaired) electrons. The zero-order valence-corrected chi connectivity index (χ0v) is 16.9. The number of thiazole rings is 1. The van der Waals surface area contributed by atoms with E-state index in [1.54, 1.807) is 6.92 Å². The second-order valence-corrected chi connectivity index (χ2v) is 7.60. The van der Waals surface area contributed by atoms with E-state index in [4.69, 9.17) is 4.74 Å². The quantitative estimate of drug-likeness (QED) is 0.560. The summed E-state index contributed by atoms with van der Waals surface area (Å²) in [6.45, 7) is 1.54. The molecular weight excluding hydrogens is 428 g/mol. The van der Waals surface area contributed by atoms with E-state index < -0.39 is 18.0 Å². The number of hydrogen-bond donors (Lipinski definition) is 1. The number of rotatable bonds is 6. The van der Waals surface area contributed by atoms with Gasteiger partial charge in [0.25, 0.3) is 5.91 Å². The zero-order chi connectivity index (χ0) is 19.2.